The van der Waals surface area contributed by atoms with Crippen molar-refractivity contribution in [1.29, 1.82) is 0 Å². The van der Waals surface area contributed by atoms with Gasteiger partial charge in [0.25, 0.3) is 5.91 Å². The van der Waals surface area contributed by atoms with Gasteiger partial charge in [-0.15, -0.1) is 0 Å². The van der Waals surface area contributed by atoms with E-state index in [1.165, 1.54) is 16.7 Å². The number of benzene rings is 3. The van der Waals surface area contributed by atoms with Gasteiger partial charge in [0.05, 0.1) is 24.9 Å². The van der Waals surface area contributed by atoms with Crippen molar-refractivity contribution in [3.05, 3.63) is 101 Å². The monoisotopic (exact) mass is 509 g/mol. The first kappa shape index (κ1) is 26.2. The van der Waals surface area contributed by atoms with Crippen LogP contribution in [0.25, 0.3) is 0 Å². The number of ether oxygens (including phenoxy) is 1. The average Bonchev–Trinajstić information content (AvgIpc) is 3.36. The summed E-state index contributed by atoms with van der Waals surface area (Å²) in [6, 6.07) is 25.2. The topological polar surface area (TPSA) is 45.1 Å². The lowest BCUT2D eigenvalue weighted by Gasteiger charge is -2.33. The Bertz CT molecular complexity index is 1260. The Morgan fingerprint density at radius 3 is 2.39 bits per heavy atom. The van der Waals surface area contributed by atoms with Crippen LogP contribution in [0.2, 0.25) is 0 Å². The number of carbonyl (C=O) groups is 1. The van der Waals surface area contributed by atoms with Crippen LogP contribution in [0.5, 0.6) is 5.75 Å². The molecule has 0 saturated carbocycles. The Hall–Kier alpha value is -3.44. The molecule has 1 saturated heterocycles. The third-order valence-electron chi connectivity index (χ3n) is 7.87. The molecule has 3 aromatic carbocycles. The Morgan fingerprint density at radius 1 is 0.974 bits per heavy atom. The van der Waals surface area contributed by atoms with Gasteiger partial charge in [0.15, 0.2) is 0 Å². The lowest BCUT2D eigenvalue weighted by atomic mass is 9.90. The summed E-state index contributed by atoms with van der Waals surface area (Å²) in [6.45, 7) is 9.18. The van der Waals surface area contributed by atoms with Gasteiger partial charge in [-0.1, -0.05) is 66.2 Å². The van der Waals surface area contributed by atoms with Gasteiger partial charge in [-0.05, 0) is 87.9 Å². The van der Waals surface area contributed by atoms with Gasteiger partial charge in [0.2, 0.25) is 0 Å². The summed E-state index contributed by atoms with van der Waals surface area (Å²) in [7, 11) is 0. The van der Waals surface area contributed by atoms with E-state index >= 15 is 0 Å². The fourth-order valence-corrected chi connectivity index (χ4v) is 5.81. The number of piperidine rings is 1. The van der Waals surface area contributed by atoms with E-state index in [9.17, 15) is 4.79 Å². The first-order chi connectivity index (χ1) is 18.5. The number of likely N-dealkylation sites (tertiary alicyclic amines) is 1. The minimum atomic E-state index is -0.107. The van der Waals surface area contributed by atoms with E-state index in [0.29, 0.717) is 25.5 Å². The Morgan fingerprint density at radius 2 is 1.71 bits per heavy atom. The van der Waals surface area contributed by atoms with Gasteiger partial charge in [-0.2, -0.15) is 5.10 Å². The molecule has 0 aliphatic carbocycles. The van der Waals surface area contributed by atoms with Crippen molar-refractivity contribution >= 4 is 11.6 Å². The maximum atomic E-state index is 13.7. The van der Waals surface area contributed by atoms with Crippen molar-refractivity contribution in [2.45, 2.75) is 52.5 Å². The average molecular weight is 510 g/mol. The molecule has 0 unspecified atom stereocenters. The van der Waals surface area contributed by atoms with Crippen molar-refractivity contribution in [3.63, 3.8) is 0 Å². The van der Waals surface area contributed by atoms with Crippen LogP contribution in [-0.4, -0.2) is 47.8 Å². The number of rotatable bonds is 8. The number of hydrogen-bond donors (Lipinski definition) is 0. The third-order valence-corrected chi connectivity index (χ3v) is 7.87. The fraction of sp³-hybridized carbons (Fsp3) is 0.394. The molecule has 1 amide bonds. The van der Waals surface area contributed by atoms with Crippen molar-refractivity contribution in [2.75, 3.05) is 26.2 Å². The van der Waals surface area contributed by atoms with Crippen LogP contribution in [0.3, 0.4) is 0 Å². The third kappa shape index (κ3) is 6.16. The van der Waals surface area contributed by atoms with Crippen LogP contribution >= 0.6 is 0 Å². The molecule has 5 heteroatoms. The van der Waals surface area contributed by atoms with Gasteiger partial charge in [-0.3, -0.25) is 9.69 Å². The van der Waals surface area contributed by atoms with E-state index < -0.39 is 0 Å². The van der Waals surface area contributed by atoms with E-state index in [0.717, 1.165) is 54.9 Å². The molecule has 0 N–H and O–H groups in total. The van der Waals surface area contributed by atoms with Crippen LogP contribution in [0.1, 0.15) is 60.0 Å². The molecule has 1 fully saturated rings. The van der Waals surface area contributed by atoms with Crippen LogP contribution in [0.15, 0.2) is 77.9 Å². The number of hydrogen-bond acceptors (Lipinski definition) is 4. The molecule has 3 aromatic rings. The lowest BCUT2D eigenvalue weighted by Crippen LogP contribution is -2.42. The van der Waals surface area contributed by atoms with Gasteiger partial charge in [-0.25, -0.2) is 5.01 Å². The first-order valence-electron chi connectivity index (χ1n) is 14.0. The van der Waals surface area contributed by atoms with E-state index in [4.69, 9.17) is 9.84 Å². The molecule has 5 rings (SSSR count). The van der Waals surface area contributed by atoms with Gasteiger partial charge < -0.3 is 4.74 Å². The highest BCUT2D eigenvalue weighted by Crippen LogP contribution is 2.35. The largest absolute Gasteiger partial charge is 0.494 e. The predicted molar refractivity (Wildman–Crippen MR) is 154 cm³/mol. The normalized spacial score (nSPS) is 18.4. The van der Waals surface area contributed by atoms with Gasteiger partial charge >= 0.3 is 0 Å². The van der Waals surface area contributed by atoms with Crippen molar-refractivity contribution in [1.82, 2.24) is 9.91 Å². The lowest BCUT2D eigenvalue weighted by molar-refractivity contribution is -0.134. The standard InChI is InChI=1S/C33H39N3O2/c1-4-38-29-13-11-28(12-14-29)32-22-31(30-15-10-24(2)20-25(30)3)34-36(32)33(37)23-35-18-16-27(17-19-35)21-26-8-6-5-7-9-26/h5-15,20,27,32H,4,16-19,21-23H2,1-3H3/t32-/m1/s1. The predicted octanol–water partition coefficient (Wildman–Crippen LogP) is 6.33. The molecule has 0 spiro atoms. The van der Waals surface area contributed by atoms with Crippen LogP contribution < -0.4 is 4.74 Å². The second-order valence-electron chi connectivity index (χ2n) is 10.7. The highest BCUT2D eigenvalue weighted by molar-refractivity contribution is 6.04. The summed E-state index contributed by atoms with van der Waals surface area (Å²) >= 11 is 0. The molecule has 2 aliphatic rings. The minimum absolute atomic E-state index is 0.0742. The molecule has 1 atom stereocenters. The quantitative estimate of drug-likeness (QED) is 0.356. The summed E-state index contributed by atoms with van der Waals surface area (Å²) in [6.07, 6.45) is 4.09. The molecule has 198 valence electrons. The fourth-order valence-electron chi connectivity index (χ4n) is 5.81. The minimum Gasteiger partial charge on any atom is -0.494 e. The Balaban J connectivity index is 1.29. The first-order valence-corrected chi connectivity index (χ1v) is 14.0. The molecule has 2 heterocycles. The number of aryl methyl sites for hydroxylation is 2. The van der Waals surface area contributed by atoms with Crippen molar-refractivity contribution < 1.29 is 9.53 Å². The molecule has 5 nitrogen and oxygen atoms in total. The zero-order chi connectivity index (χ0) is 26.5. The van der Waals surface area contributed by atoms with E-state index in [1.807, 2.05) is 19.1 Å². The zero-order valence-electron chi connectivity index (χ0n) is 22.9. The van der Waals surface area contributed by atoms with Crippen LogP contribution in [0.4, 0.5) is 0 Å². The second kappa shape index (κ2) is 12.0. The number of carbonyl (C=O) groups excluding carboxylic acids is 1. The van der Waals surface area contributed by atoms with E-state index in [1.54, 1.807) is 5.01 Å². The highest BCUT2D eigenvalue weighted by Gasteiger charge is 2.34. The van der Waals surface area contributed by atoms with E-state index in [2.05, 4.69) is 79.4 Å². The molecular weight excluding hydrogens is 470 g/mol. The van der Waals surface area contributed by atoms with Crippen LogP contribution in [0, 0.1) is 19.8 Å². The number of hydrazone groups is 1. The SMILES string of the molecule is CCOc1ccc([C@H]2CC(c3ccc(C)cc3C)=NN2C(=O)CN2CCC(Cc3ccccc3)CC2)cc1. The summed E-state index contributed by atoms with van der Waals surface area (Å²) in [4.78, 5) is 16.0. The summed E-state index contributed by atoms with van der Waals surface area (Å²) in [5.41, 5.74) is 7.04. The number of nitrogens with zero attached hydrogens (tertiary/aromatic N) is 3. The van der Waals surface area contributed by atoms with Crippen LogP contribution in [-0.2, 0) is 11.2 Å². The number of amides is 1. The molecule has 38 heavy (non-hydrogen) atoms. The zero-order valence-corrected chi connectivity index (χ0v) is 22.9. The molecular formula is C33H39N3O2. The maximum Gasteiger partial charge on any atom is 0.257 e. The summed E-state index contributed by atoms with van der Waals surface area (Å²) in [5, 5.41) is 6.69. The molecule has 0 radical (unpaired) electrons. The van der Waals surface area contributed by atoms with Gasteiger partial charge in [0.1, 0.15) is 5.75 Å². The molecule has 0 bridgehead atoms. The Kier molecular flexibility index (Phi) is 8.23. The molecule has 2 aliphatic heterocycles. The maximum absolute atomic E-state index is 13.7. The van der Waals surface area contributed by atoms with E-state index in [-0.39, 0.29) is 11.9 Å². The van der Waals surface area contributed by atoms with Gasteiger partial charge in [0, 0.05) is 12.0 Å². The summed E-state index contributed by atoms with van der Waals surface area (Å²) in [5.74, 6) is 1.60. The Labute approximate surface area is 227 Å². The van der Waals surface area contributed by atoms with Crippen molar-refractivity contribution in [2.24, 2.45) is 11.0 Å². The highest BCUT2D eigenvalue weighted by atomic mass is 16.5. The summed E-state index contributed by atoms with van der Waals surface area (Å²) < 4.78 is 5.65. The molecule has 0 aromatic heterocycles. The smallest absolute Gasteiger partial charge is 0.257 e. The second-order valence-corrected chi connectivity index (χ2v) is 10.7. The van der Waals surface area contributed by atoms with Crippen molar-refractivity contribution in [3.8, 4) is 5.75 Å².